The third-order valence-electron chi connectivity index (χ3n) is 4.21. The zero-order chi connectivity index (χ0) is 14.2. The van der Waals surface area contributed by atoms with Crippen LogP contribution in [0.25, 0.3) is 0 Å². The van der Waals surface area contributed by atoms with Gasteiger partial charge in [0.05, 0.1) is 5.69 Å². The molecule has 106 valence electrons. The van der Waals surface area contributed by atoms with E-state index in [9.17, 15) is 9.90 Å². The van der Waals surface area contributed by atoms with Gasteiger partial charge in [-0.25, -0.2) is 9.48 Å². The predicted molar refractivity (Wildman–Crippen MR) is 71.5 cm³/mol. The van der Waals surface area contributed by atoms with Crippen LogP contribution >= 0.6 is 0 Å². The van der Waals surface area contributed by atoms with Crippen molar-refractivity contribution in [3.8, 4) is 5.88 Å². The molecule has 0 radical (unpaired) electrons. The summed E-state index contributed by atoms with van der Waals surface area (Å²) in [7, 11) is 1.73. The number of nitrogens with zero attached hydrogens (tertiary/aromatic N) is 2. The van der Waals surface area contributed by atoms with Crippen LogP contribution < -0.4 is 4.74 Å². The average molecular weight is 266 g/mol. The van der Waals surface area contributed by atoms with Gasteiger partial charge in [-0.3, -0.25) is 0 Å². The number of carboxylic acid groups (broad SMARTS) is 1. The third-order valence-corrected chi connectivity index (χ3v) is 4.21. The Balaban J connectivity index is 2.17. The van der Waals surface area contributed by atoms with E-state index in [1.54, 1.807) is 14.0 Å². The second kappa shape index (κ2) is 5.23. The molecule has 19 heavy (non-hydrogen) atoms. The Labute approximate surface area is 113 Å². The van der Waals surface area contributed by atoms with Crippen molar-refractivity contribution >= 4 is 5.97 Å². The number of ether oxygens (including phenoxy) is 1. The van der Waals surface area contributed by atoms with Crippen LogP contribution in [-0.4, -0.2) is 27.0 Å². The third kappa shape index (κ3) is 2.74. The van der Waals surface area contributed by atoms with Gasteiger partial charge in [-0.15, -0.1) is 0 Å². The molecule has 0 saturated heterocycles. The highest BCUT2D eigenvalue weighted by Crippen LogP contribution is 2.33. The molecule has 1 N–H and O–H groups in total. The van der Waals surface area contributed by atoms with E-state index in [1.807, 2.05) is 0 Å². The maximum Gasteiger partial charge on any atom is 0.343 e. The highest BCUT2D eigenvalue weighted by Gasteiger charge is 2.29. The molecule has 5 heteroatoms. The summed E-state index contributed by atoms with van der Waals surface area (Å²) in [4.78, 5) is 11.3. The number of aryl methyl sites for hydroxylation is 2. The Bertz CT molecular complexity index is 481. The van der Waals surface area contributed by atoms with E-state index >= 15 is 0 Å². The molecule has 3 atom stereocenters. The first kappa shape index (κ1) is 13.9. The summed E-state index contributed by atoms with van der Waals surface area (Å²) in [6.07, 6.45) is 3.18. The minimum absolute atomic E-state index is 0.0964. The molecule has 0 bridgehead atoms. The lowest BCUT2D eigenvalue weighted by atomic mass is 9.80. The van der Waals surface area contributed by atoms with Crippen molar-refractivity contribution in [1.29, 1.82) is 0 Å². The second-order valence-electron chi connectivity index (χ2n) is 5.70. The summed E-state index contributed by atoms with van der Waals surface area (Å²) in [5, 5.41) is 13.4. The Hall–Kier alpha value is -1.52. The fourth-order valence-corrected chi connectivity index (χ4v) is 2.78. The molecule has 0 aromatic carbocycles. The molecule has 1 saturated carbocycles. The second-order valence-corrected chi connectivity index (χ2v) is 5.70. The minimum atomic E-state index is -0.974. The minimum Gasteiger partial charge on any atom is -0.477 e. The van der Waals surface area contributed by atoms with Crippen molar-refractivity contribution in [3.05, 3.63) is 11.3 Å². The first-order chi connectivity index (χ1) is 8.90. The summed E-state index contributed by atoms with van der Waals surface area (Å²) < 4.78 is 7.47. The maximum atomic E-state index is 11.3. The van der Waals surface area contributed by atoms with Crippen LogP contribution in [-0.2, 0) is 7.05 Å². The Kier molecular flexibility index (Phi) is 3.83. The first-order valence-electron chi connectivity index (χ1n) is 6.83. The van der Waals surface area contributed by atoms with Crippen molar-refractivity contribution in [2.45, 2.75) is 46.1 Å². The SMILES string of the molecule is Cc1nn(C)c(OC2CCC(C)C(C)C2)c1C(=O)O. The average Bonchev–Trinajstić information content (AvgIpc) is 2.59. The largest absolute Gasteiger partial charge is 0.477 e. The number of rotatable bonds is 3. The van der Waals surface area contributed by atoms with E-state index in [-0.39, 0.29) is 11.7 Å². The van der Waals surface area contributed by atoms with E-state index in [0.29, 0.717) is 23.4 Å². The molecule has 2 rings (SSSR count). The lowest BCUT2D eigenvalue weighted by Gasteiger charge is -2.32. The monoisotopic (exact) mass is 266 g/mol. The summed E-state index contributed by atoms with van der Waals surface area (Å²) in [5.41, 5.74) is 0.691. The van der Waals surface area contributed by atoms with E-state index < -0.39 is 5.97 Å². The Morgan fingerprint density at radius 1 is 1.37 bits per heavy atom. The van der Waals surface area contributed by atoms with Gasteiger partial charge < -0.3 is 9.84 Å². The Morgan fingerprint density at radius 2 is 2.05 bits per heavy atom. The van der Waals surface area contributed by atoms with E-state index in [1.165, 1.54) is 4.68 Å². The lowest BCUT2D eigenvalue weighted by molar-refractivity contribution is 0.0667. The van der Waals surface area contributed by atoms with Crippen molar-refractivity contribution < 1.29 is 14.6 Å². The molecule has 0 amide bonds. The number of carbonyl (C=O) groups is 1. The van der Waals surface area contributed by atoms with Gasteiger partial charge in [0.25, 0.3) is 0 Å². The first-order valence-corrected chi connectivity index (χ1v) is 6.83. The van der Waals surface area contributed by atoms with Crippen molar-refractivity contribution in [2.24, 2.45) is 18.9 Å². The van der Waals surface area contributed by atoms with Gasteiger partial charge in [0.1, 0.15) is 11.7 Å². The summed E-state index contributed by atoms with van der Waals surface area (Å²) in [6.45, 7) is 6.19. The van der Waals surface area contributed by atoms with Crippen LogP contribution in [0.15, 0.2) is 0 Å². The van der Waals surface area contributed by atoms with Gasteiger partial charge in [0, 0.05) is 7.05 Å². The van der Waals surface area contributed by atoms with Crippen molar-refractivity contribution in [2.75, 3.05) is 0 Å². The van der Waals surface area contributed by atoms with Crippen molar-refractivity contribution in [3.63, 3.8) is 0 Å². The number of aromatic carboxylic acids is 1. The number of hydrogen-bond acceptors (Lipinski definition) is 3. The fraction of sp³-hybridized carbons (Fsp3) is 0.714. The molecule has 5 nitrogen and oxygen atoms in total. The molecular formula is C14H22N2O3. The topological polar surface area (TPSA) is 64.4 Å². The normalized spacial score (nSPS) is 27.3. The van der Waals surface area contributed by atoms with Gasteiger partial charge in [-0.05, 0) is 38.0 Å². The zero-order valence-electron chi connectivity index (χ0n) is 12.0. The quantitative estimate of drug-likeness (QED) is 0.913. The molecule has 1 heterocycles. The van der Waals surface area contributed by atoms with Crippen LogP contribution in [0.5, 0.6) is 5.88 Å². The van der Waals surface area contributed by atoms with E-state index in [2.05, 4.69) is 18.9 Å². The highest BCUT2D eigenvalue weighted by atomic mass is 16.5. The van der Waals surface area contributed by atoms with Gasteiger partial charge in [0.15, 0.2) is 0 Å². The molecule has 1 aromatic rings. The smallest absolute Gasteiger partial charge is 0.343 e. The maximum absolute atomic E-state index is 11.3. The molecule has 3 unspecified atom stereocenters. The molecule has 1 fully saturated rings. The predicted octanol–water partition coefficient (Wildman–Crippen LogP) is 2.63. The fourth-order valence-electron chi connectivity index (χ4n) is 2.78. The van der Waals surface area contributed by atoms with Crippen LogP contribution in [0.3, 0.4) is 0 Å². The molecule has 1 aliphatic carbocycles. The van der Waals surface area contributed by atoms with Crippen molar-refractivity contribution in [1.82, 2.24) is 9.78 Å². The molecular weight excluding hydrogens is 244 g/mol. The summed E-state index contributed by atoms with van der Waals surface area (Å²) in [5.74, 6) is 0.739. The van der Waals surface area contributed by atoms with Crippen LogP contribution in [0.4, 0.5) is 0 Å². The Morgan fingerprint density at radius 3 is 2.63 bits per heavy atom. The van der Waals surface area contributed by atoms with Crippen LogP contribution in [0.2, 0.25) is 0 Å². The zero-order valence-corrected chi connectivity index (χ0v) is 12.0. The number of carboxylic acids is 1. The molecule has 0 aliphatic heterocycles. The van der Waals surface area contributed by atoms with Gasteiger partial charge in [0.2, 0.25) is 5.88 Å². The van der Waals surface area contributed by atoms with E-state index in [4.69, 9.17) is 4.74 Å². The van der Waals surface area contributed by atoms with Gasteiger partial charge in [-0.2, -0.15) is 5.10 Å². The summed E-state index contributed by atoms with van der Waals surface area (Å²) >= 11 is 0. The number of aromatic nitrogens is 2. The standard InChI is InChI=1S/C14H22N2O3/c1-8-5-6-11(7-9(8)2)19-13-12(14(17)18)10(3)15-16(13)4/h8-9,11H,5-7H2,1-4H3,(H,17,18). The van der Waals surface area contributed by atoms with Gasteiger partial charge >= 0.3 is 5.97 Å². The highest BCUT2D eigenvalue weighted by molar-refractivity contribution is 5.91. The van der Waals surface area contributed by atoms with Gasteiger partial charge in [-0.1, -0.05) is 13.8 Å². The number of hydrogen-bond donors (Lipinski definition) is 1. The van der Waals surface area contributed by atoms with E-state index in [0.717, 1.165) is 19.3 Å². The molecule has 0 spiro atoms. The molecule has 1 aromatic heterocycles. The van der Waals surface area contributed by atoms with Crippen LogP contribution in [0, 0.1) is 18.8 Å². The molecule has 1 aliphatic rings. The van der Waals surface area contributed by atoms with Crippen LogP contribution in [0.1, 0.15) is 49.2 Å². The lowest BCUT2D eigenvalue weighted by Crippen LogP contribution is -2.29. The summed E-state index contributed by atoms with van der Waals surface area (Å²) in [6, 6.07) is 0.